The van der Waals surface area contributed by atoms with Crippen molar-refractivity contribution in [2.75, 3.05) is 0 Å². The van der Waals surface area contributed by atoms with Crippen LogP contribution in [0.5, 0.6) is 0 Å². The van der Waals surface area contributed by atoms with Crippen molar-refractivity contribution < 1.29 is 13.6 Å². The summed E-state index contributed by atoms with van der Waals surface area (Å²) in [6.45, 7) is 0. The standard InChI is InChI=1S/C13H5Br2ClF2O/c14-9-3-6(16)1-2-7(9)13(19)8-4-12(18)10(15)5-11(8)17/h1-5H. The van der Waals surface area contributed by atoms with Crippen LogP contribution in [0.15, 0.2) is 39.3 Å². The predicted octanol–water partition coefficient (Wildman–Crippen LogP) is 5.37. The number of ketones is 1. The Labute approximate surface area is 129 Å². The first-order chi connectivity index (χ1) is 8.90. The highest BCUT2D eigenvalue weighted by atomic mass is 79.9. The summed E-state index contributed by atoms with van der Waals surface area (Å²) in [5.41, 5.74) is -0.117. The van der Waals surface area contributed by atoms with Crippen LogP contribution < -0.4 is 0 Å². The van der Waals surface area contributed by atoms with E-state index in [2.05, 4.69) is 31.9 Å². The van der Waals surface area contributed by atoms with Crippen LogP contribution in [0.2, 0.25) is 5.02 Å². The van der Waals surface area contributed by atoms with E-state index in [1.54, 1.807) is 0 Å². The fourth-order valence-electron chi connectivity index (χ4n) is 1.52. The first kappa shape index (κ1) is 14.6. The normalized spacial score (nSPS) is 10.6. The number of carbonyl (C=O) groups is 1. The van der Waals surface area contributed by atoms with Crippen molar-refractivity contribution in [3.05, 3.63) is 67.1 Å². The van der Waals surface area contributed by atoms with Crippen LogP contribution in [0, 0.1) is 11.6 Å². The van der Waals surface area contributed by atoms with Gasteiger partial charge in [0.25, 0.3) is 0 Å². The maximum Gasteiger partial charge on any atom is 0.197 e. The summed E-state index contributed by atoms with van der Waals surface area (Å²) in [4.78, 5) is 12.2. The summed E-state index contributed by atoms with van der Waals surface area (Å²) in [6, 6.07) is 6.26. The van der Waals surface area contributed by atoms with E-state index in [-0.39, 0.29) is 15.6 Å². The lowest BCUT2D eigenvalue weighted by Crippen LogP contribution is -2.06. The van der Waals surface area contributed by atoms with Crippen LogP contribution >= 0.6 is 43.5 Å². The molecule has 0 atom stereocenters. The molecule has 0 N–H and O–H groups in total. The third-order valence-corrected chi connectivity index (χ3v) is 3.93. The molecule has 0 saturated carbocycles. The molecule has 2 aromatic rings. The van der Waals surface area contributed by atoms with Gasteiger partial charge in [0.1, 0.15) is 11.6 Å². The number of rotatable bonds is 2. The highest BCUT2D eigenvalue weighted by Crippen LogP contribution is 2.27. The van der Waals surface area contributed by atoms with Gasteiger partial charge in [0.2, 0.25) is 0 Å². The first-order valence-corrected chi connectivity index (χ1v) is 7.01. The summed E-state index contributed by atoms with van der Waals surface area (Å²) in [7, 11) is 0. The molecule has 0 unspecified atom stereocenters. The Morgan fingerprint density at radius 2 is 1.63 bits per heavy atom. The molecular weight excluding hydrogens is 405 g/mol. The Morgan fingerprint density at radius 1 is 0.947 bits per heavy atom. The maximum absolute atomic E-state index is 13.7. The topological polar surface area (TPSA) is 17.1 Å². The summed E-state index contributed by atoms with van der Waals surface area (Å²) >= 11 is 11.8. The van der Waals surface area contributed by atoms with Crippen molar-refractivity contribution >= 4 is 49.2 Å². The smallest absolute Gasteiger partial charge is 0.197 e. The Balaban J connectivity index is 2.53. The monoisotopic (exact) mass is 408 g/mol. The minimum atomic E-state index is -0.792. The quantitative estimate of drug-likeness (QED) is 0.480. The molecule has 0 heterocycles. The van der Waals surface area contributed by atoms with Gasteiger partial charge in [-0.2, -0.15) is 0 Å². The van der Waals surface area contributed by atoms with E-state index in [1.807, 2.05) is 0 Å². The molecule has 0 amide bonds. The molecular formula is C13H5Br2ClF2O. The molecule has 98 valence electrons. The molecule has 2 rings (SSSR count). The van der Waals surface area contributed by atoms with E-state index < -0.39 is 17.4 Å². The Hall–Kier alpha value is -0.780. The third-order valence-electron chi connectivity index (χ3n) is 2.43. The molecule has 0 spiro atoms. The number of halogens is 5. The SMILES string of the molecule is O=C(c1cc(F)c(Br)cc1F)c1ccc(Cl)cc1Br. The highest BCUT2D eigenvalue weighted by Gasteiger charge is 2.19. The summed E-state index contributed by atoms with van der Waals surface area (Å²) in [6.07, 6.45) is 0. The van der Waals surface area contributed by atoms with Gasteiger partial charge in [-0.25, -0.2) is 8.78 Å². The zero-order valence-electron chi connectivity index (χ0n) is 9.18. The van der Waals surface area contributed by atoms with Gasteiger partial charge in [0.15, 0.2) is 5.78 Å². The van der Waals surface area contributed by atoms with Gasteiger partial charge in [0.05, 0.1) is 10.0 Å². The van der Waals surface area contributed by atoms with Gasteiger partial charge < -0.3 is 0 Å². The fourth-order valence-corrected chi connectivity index (χ4v) is 2.69. The maximum atomic E-state index is 13.7. The van der Waals surface area contributed by atoms with Crippen LogP contribution in [0.4, 0.5) is 8.78 Å². The van der Waals surface area contributed by atoms with E-state index >= 15 is 0 Å². The molecule has 0 aliphatic heterocycles. The van der Waals surface area contributed by atoms with E-state index in [1.165, 1.54) is 18.2 Å². The largest absolute Gasteiger partial charge is 0.288 e. The number of hydrogen-bond acceptors (Lipinski definition) is 1. The Kier molecular flexibility index (Phi) is 4.38. The highest BCUT2D eigenvalue weighted by molar-refractivity contribution is 9.10. The Morgan fingerprint density at radius 3 is 2.26 bits per heavy atom. The van der Waals surface area contributed by atoms with Crippen molar-refractivity contribution in [3.63, 3.8) is 0 Å². The van der Waals surface area contributed by atoms with Gasteiger partial charge in [-0.1, -0.05) is 11.6 Å². The average molecular weight is 410 g/mol. The van der Waals surface area contributed by atoms with Crippen LogP contribution in [-0.2, 0) is 0 Å². The van der Waals surface area contributed by atoms with Gasteiger partial charge in [0, 0.05) is 15.1 Å². The lowest BCUT2D eigenvalue weighted by atomic mass is 10.0. The van der Waals surface area contributed by atoms with Gasteiger partial charge in [-0.3, -0.25) is 4.79 Å². The lowest BCUT2D eigenvalue weighted by molar-refractivity contribution is 0.103. The molecule has 0 aliphatic carbocycles. The molecule has 0 aromatic heterocycles. The first-order valence-electron chi connectivity index (χ1n) is 5.04. The predicted molar refractivity (Wildman–Crippen MR) is 76.6 cm³/mol. The van der Waals surface area contributed by atoms with Crippen molar-refractivity contribution in [2.24, 2.45) is 0 Å². The second-order valence-corrected chi connectivity index (χ2v) is 5.84. The third kappa shape index (κ3) is 3.04. The molecule has 0 bridgehead atoms. The molecule has 6 heteroatoms. The van der Waals surface area contributed by atoms with Gasteiger partial charge in [-0.05, 0) is 62.2 Å². The number of benzene rings is 2. The van der Waals surface area contributed by atoms with Gasteiger partial charge >= 0.3 is 0 Å². The molecule has 19 heavy (non-hydrogen) atoms. The summed E-state index contributed by atoms with van der Waals surface area (Å²) in [5, 5.41) is 0.436. The zero-order valence-corrected chi connectivity index (χ0v) is 13.1. The molecule has 0 saturated heterocycles. The van der Waals surface area contributed by atoms with Crippen molar-refractivity contribution in [1.29, 1.82) is 0 Å². The molecule has 0 fully saturated rings. The van der Waals surface area contributed by atoms with Crippen molar-refractivity contribution in [3.8, 4) is 0 Å². The second kappa shape index (κ2) is 5.69. The molecule has 1 nitrogen and oxygen atoms in total. The van der Waals surface area contributed by atoms with Crippen molar-refractivity contribution in [2.45, 2.75) is 0 Å². The number of hydrogen-bond donors (Lipinski definition) is 0. The molecule has 0 radical (unpaired) electrons. The second-order valence-electron chi connectivity index (χ2n) is 3.70. The Bertz CT molecular complexity index is 674. The summed E-state index contributed by atoms with van der Waals surface area (Å²) < 4.78 is 27.5. The zero-order chi connectivity index (χ0) is 14.2. The molecule has 0 aliphatic rings. The van der Waals surface area contributed by atoms with E-state index in [0.29, 0.717) is 9.50 Å². The minimum absolute atomic E-state index is 0.0308. The fraction of sp³-hybridized carbons (Fsp3) is 0. The average Bonchev–Trinajstić information content (AvgIpc) is 2.33. The van der Waals surface area contributed by atoms with Crippen molar-refractivity contribution in [1.82, 2.24) is 0 Å². The minimum Gasteiger partial charge on any atom is -0.288 e. The lowest BCUT2D eigenvalue weighted by Gasteiger charge is -2.06. The van der Waals surface area contributed by atoms with Crippen LogP contribution in [-0.4, -0.2) is 5.78 Å². The van der Waals surface area contributed by atoms with Crippen LogP contribution in [0.1, 0.15) is 15.9 Å². The van der Waals surface area contributed by atoms with E-state index in [4.69, 9.17) is 11.6 Å². The van der Waals surface area contributed by atoms with E-state index in [0.717, 1.165) is 12.1 Å². The van der Waals surface area contributed by atoms with Crippen LogP contribution in [0.3, 0.4) is 0 Å². The molecule has 2 aromatic carbocycles. The number of carbonyl (C=O) groups excluding carboxylic acids is 1. The summed E-state index contributed by atoms with van der Waals surface area (Å²) in [5.74, 6) is -2.11. The van der Waals surface area contributed by atoms with Gasteiger partial charge in [-0.15, -0.1) is 0 Å². The van der Waals surface area contributed by atoms with E-state index in [9.17, 15) is 13.6 Å². The van der Waals surface area contributed by atoms with Crippen LogP contribution in [0.25, 0.3) is 0 Å².